The average molecular weight is 325 g/mol. The Morgan fingerprint density at radius 2 is 2.25 bits per heavy atom. The molecular weight excluding hydrogens is 313 g/mol. The van der Waals surface area contributed by atoms with Crippen molar-refractivity contribution in [1.82, 2.24) is 24.6 Å². The van der Waals surface area contributed by atoms with Crippen LogP contribution in [0.15, 0.2) is 30.6 Å². The molecule has 0 aromatic carbocycles. The van der Waals surface area contributed by atoms with Crippen LogP contribution in [0.4, 0.5) is 16.0 Å². The van der Waals surface area contributed by atoms with Gasteiger partial charge in [-0.15, -0.1) is 5.10 Å². The molecule has 0 bridgehead atoms. The molecule has 4 aromatic rings. The summed E-state index contributed by atoms with van der Waals surface area (Å²) in [7, 11) is 0. The molecule has 4 heterocycles. The molecule has 8 nitrogen and oxygen atoms in total. The molecule has 0 atom stereocenters. The molecule has 0 aliphatic rings. The number of aromatic amines is 1. The van der Waals surface area contributed by atoms with Gasteiger partial charge in [0.2, 0.25) is 5.91 Å². The van der Waals surface area contributed by atoms with Gasteiger partial charge in [0.15, 0.2) is 11.6 Å². The zero-order chi connectivity index (χ0) is 16.8. The van der Waals surface area contributed by atoms with E-state index in [1.165, 1.54) is 17.5 Å². The lowest BCUT2D eigenvalue weighted by atomic mass is 10.2. The van der Waals surface area contributed by atoms with E-state index in [9.17, 15) is 9.18 Å². The Morgan fingerprint density at radius 1 is 1.42 bits per heavy atom. The minimum absolute atomic E-state index is 0.230. The number of H-pyrrole nitrogens is 1. The summed E-state index contributed by atoms with van der Waals surface area (Å²) in [6.07, 6.45) is 2.77. The predicted molar refractivity (Wildman–Crippen MR) is 86.7 cm³/mol. The van der Waals surface area contributed by atoms with Crippen LogP contribution in [0.2, 0.25) is 0 Å². The summed E-state index contributed by atoms with van der Waals surface area (Å²) in [5.74, 6) is 0.318. The highest BCUT2D eigenvalue weighted by atomic mass is 19.1. The summed E-state index contributed by atoms with van der Waals surface area (Å²) in [5.41, 5.74) is 7.64. The van der Waals surface area contributed by atoms with Crippen LogP contribution in [0.3, 0.4) is 0 Å². The van der Waals surface area contributed by atoms with Crippen molar-refractivity contribution >= 4 is 34.1 Å². The van der Waals surface area contributed by atoms with Crippen LogP contribution in [0.25, 0.3) is 27.9 Å². The van der Waals surface area contributed by atoms with Crippen molar-refractivity contribution in [2.45, 2.75) is 6.92 Å². The van der Waals surface area contributed by atoms with Crippen molar-refractivity contribution in [3.05, 3.63) is 36.4 Å². The molecule has 0 radical (unpaired) electrons. The SMILES string of the molecule is CC(=O)Nc1ccc2c(N)nc(-c3c[nH]c4ncc(F)cc34)nn12. The lowest BCUT2D eigenvalue weighted by molar-refractivity contribution is -0.114. The summed E-state index contributed by atoms with van der Waals surface area (Å²) < 4.78 is 15.0. The smallest absolute Gasteiger partial charge is 0.222 e. The Hall–Kier alpha value is -3.49. The van der Waals surface area contributed by atoms with Gasteiger partial charge in [0.05, 0.1) is 6.20 Å². The molecule has 120 valence electrons. The van der Waals surface area contributed by atoms with E-state index < -0.39 is 5.82 Å². The first-order chi connectivity index (χ1) is 11.5. The van der Waals surface area contributed by atoms with Crippen LogP contribution >= 0.6 is 0 Å². The van der Waals surface area contributed by atoms with Crippen LogP contribution in [-0.4, -0.2) is 30.5 Å². The van der Waals surface area contributed by atoms with E-state index >= 15 is 0 Å². The van der Waals surface area contributed by atoms with Gasteiger partial charge in [0.25, 0.3) is 0 Å². The summed E-state index contributed by atoms with van der Waals surface area (Å²) in [6, 6.07) is 4.74. The number of aromatic nitrogens is 5. The molecule has 1 amide bonds. The Labute approximate surface area is 134 Å². The minimum atomic E-state index is -0.461. The molecule has 0 aliphatic carbocycles. The molecule has 0 saturated carbocycles. The molecule has 4 rings (SSSR count). The molecule has 0 aliphatic heterocycles. The third-order valence-corrected chi connectivity index (χ3v) is 3.58. The number of carbonyl (C=O) groups is 1. The van der Waals surface area contributed by atoms with Gasteiger partial charge in [-0.3, -0.25) is 4.79 Å². The van der Waals surface area contributed by atoms with E-state index in [1.54, 1.807) is 18.3 Å². The van der Waals surface area contributed by atoms with E-state index in [-0.39, 0.29) is 11.7 Å². The number of carbonyl (C=O) groups excluding carboxylic acids is 1. The van der Waals surface area contributed by atoms with Gasteiger partial charge in [-0.1, -0.05) is 0 Å². The number of anilines is 2. The third-order valence-electron chi connectivity index (χ3n) is 3.58. The highest BCUT2D eigenvalue weighted by Crippen LogP contribution is 2.28. The van der Waals surface area contributed by atoms with Crippen molar-refractivity contribution in [3.63, 3.8) is 0 Å². The van der Waals surface area contributed by atoms with E-state index in [2.05, 4.69) is 25.4 Å². The monoisotopic (exact) mass is 325 g/mol. The van der Waals surface area contributed by atoms with Gasteiger partial charge >= 0.3 is 0 Å². The second-order valence-electron chi connectivity index (χ2n) is 5.27. The number of nitrogens with zero attached hydrogens (tertiary/aromatic N) is 4. The molecule has 0 saturated heterocycles. The molecule has 4 N–H and O–H groups in total. The summed E-state index contributed by atoms with van der Waals surface area (Å²) in [5, 5.41) is 7.63. The van der Waals surface area contributed by atoms with Gasteiger partial charge < -0.3 is 16.0 Å². The summed E-state index contributed by atoms with van der Waals surface area (Å²) in [6.45, 7) is 1.40. The number of nitrogens with one attached hydrogen (secondary N) is 2. The van der Waals surface area contributed by atoms with E-state index in [1.807, 2.05) is 0 Å². The normalized spacial score (nSPS) is 11.2. The highest BCUT2D eigenvalue weighted by molar-refractivity contribution is 5.92. The van der Waals surface area contributed by atoms with Crippen molar-refractivity contribution in [2.75, 3.05) is 11.1 Å². The van der Waals surface area contributed by atoms with Gasteiger partial charge in [0, 0.05) is 24.1 Å². The summed E-state index contributed by atoms with van der Waals surface area (Å²) in [4.78, 5) is 22.5. The maximum atomic E-state index is 13.5. The first kappa shape index (κ1) is 14.1. The zero-order valence-corrected chi connectivity index (χ0v) is 12.5. The number of halogens is 1. The first-order valence-electron chi connectivity index (χ1n) is 7.09. The molecular formula is C15H12FN7O. The minimum Gasteiger partial charge on any atom is -0.382 e. The Bertz CT molecular complexity index is 1100. The van der Waals surface area contributed by atoms with E-state index in [0.717, 1.165) is 6.20 Å². The molecule has 0 unspecified atom stereocenters. The van der Waals surface area contributed by atoms with Crippen molar-refractivity contribution < 1.29 is 9.18 Å². The molecule has 9 heteroatoms. The highest BCUT2D eigenvalue weighted by Gasteiger charge is 2.15. The predicted octanol–water partition coefficient (Wildman–Crippen LogP) is 1.95. The van der Waals surface area contributed by atoms with Gasteiger partial charge in [0.1, 0.15) is 22.8 Å². The van der Waals surface area contributed by atoms with Crippen LogP contribution in [0.5, 0.6) is 0 Å². The largest absolute Gasteiger partial charge is 0.382 e. The van der Waals surface area contributed by atoms with Crippen LogP contribution < -0.4 is 11.1 Å². The van der Waals surface area contributed by atoms with Gasteiger partial charge in [-0.2, -0.15) is 0 Å². The second kappa shape index (κ2) is 5.01. The number of rotatable bonds is 2. The van der Waals surface area contributed by atoms with Crippen molar-refractivity contribution in [1.29, 1.82) is 0 Å². The number of pyridine rings is 1. The number of nitrogen functional groups attached to an aromatic ring is 1. The van der Waals surface area contributed by atoms with Gasteiger partial charge in [-0.25, -0.2) is 18.9 Å². The second-order valence-corrected chi connectivity index (χ2v) is 5.27. The Kier molecular flexibility index (Phi) is 2.95. The Morgan fingerprint density at radius 3 is 3.04 bits per heavy atom. The number of amides is 1. The fourth-order valence-corrected chi connectivity index (χ4v) is 2.57. The van der Waals surface area contributed by atoms with Crippen LogP contribution in [0, 0.1) is 5.82 Å². The third kappa shape index (κ3) is 2.14. The molecule has 24 heavy (non-hydrogen) atoms. The average Bonchev–Trinajstić information content (AvgIpc) is 3.11. The molecule has 0 fully saturated rings. The maximum Gasteiger partial charge on any atom is 0.222 e. The van der Waals surface area contributed by atoms with Crippen LogP contribution in [-0.2, 0) is 4.79 Å². The number of fused-ring (bicyclic) bond motifs is 2. The lowest BCUT2D eigenvalue weighted by Crippen LogP contribution is -2.11. The van der Waals surface area contributed by atoms with Crippen LogP contribution in [0.1, 0.15) is 6.92 Å². The zero-order valence-electron chi connectivity index (χ0n) is 12.5. The fourth-order valence-electron chi connectivity index (χ4n) is 2.57. The maximum absolute atomic E-state index is 13.5. The first-order valence-corrected chi connectivity index (χ1v) is 7.09. The van der Waals surface area contributed by atoms with E-state index in [0.29, 0.717) is 33.8 Å². The van der Waals surface area contributed by atoms with Crippen molar-refractivity contribution in [2.24, 2.45) is 0 Å². The standard InChI is InChI=1S/C15H12FN7O/c1-7(24)20-12-3-2-11-13(17)21-15(22-23(11)12)10-6-19-14-9(10)4-8(16)5-18-14/h2-6H,1H3,(H,18,19)(H,20,24)(H2,17,21,22). The van der Waals surface area contributed by atoms with E-state index in [4.69, 9.17) is 5.73 Å². The fraction of sp³-hybridized carbons (Fsp3) is 0.0667. The lowest BCUT2D eigenvalue weighted by Gasteiger charge is -2.06. The Balaban J connectivity index is 1.95. The molecule has 0 spiro atoms. The summed E-state index contributed by atoms with van der Waals surface area (Å²) >= 11 is 0. The quantitative estimate of drug-likeness (QED) is 0.521. The number of nitrogens with two attached hydrogens (primary N) is 1. The number of hydrogen-bond donors (Lipinski definition) is 3. The molecule has 4 aromatic heterocycles. The topological polar surface area (TPSA) is 114 Å². The number of hydrogen-bond acceptors (Lipinski definition) is 5. The van der Waals surface area contributed by atoms with Crippen molar-refractivity contribution in [3.8, 4) is 11.4 Å². The van der Waals surface area contributed by atoms with Gasteiger partial charge in [-0.05, 0) is 18.2 Å².